The van der Waals surface area contributed by atoms with Crippen LogP contribution in [0.4, 0.5) is 0 Å². The molecule has 0 saturated carbocycles. The van der Waals surface area contributed by atoms with Crippen molar-refractivity contribution in [1.82, 2.24) is 0 Å². The molecule has 0 saturated heterocycles. The van der Waals surface area contributed by atoms with Crippen LogP contribution >= 0.6 is 21.6 Å². The van der Waals surface area contributed by atoms with Gasteiger partial charge >= 0.3 is 0 Å². The zero-order valence-corrected chi connectivity index (χ0v) is 10.6. The zero-order chi connectivity index (χ0) is 12.0. The van der Waals surface area contributed by atoms with Crippen LogP contribution in [0, 0.1) is 0 Å². The van der Waals surface area contributed by atoms with Crippen molar-refractivity contribution in [3.05, 3.63) is 29.8 Å². The molecule has 1 unspecified atom stereocenters. The molecule has 0 radical (unpaired) electrons. The first-order valence-corrected chi connectivity index (χ1v) is 7.74. The average molecular weight is 278 g/mol. The van der Waals surface area contributed by atoms with Gasteiger partial charge < -0.3 is 9.66 Å². The van der Waals surface area contributed by atoms with E-state index in [1.54, 1.807) is 12.1 Å². The number of carbonyl (C=O) groups is 1. The maximum atomic E-state index is 11.7. The van der Waals surface area contributed by atoms with E-state index in [2.05, 4.69) is 0 Å². The van der Waals surface area contributed by atoms with E-state index in [1.807, 2.05) is 0 Å². The van der Waals surface area contributed by atoms with E-state index in [9.17, 15) is 9.00 Å². The number of carbonyl (C=O) groups excluding carboxylic acids is 1. The number of benzene rings is 1. The van der Waals surface area contributed by atoms with E-state index in [0.29, 0.717) is 5.75 Å². The molecule has 0 aliphatic carbocycles. The Labute approximate surface area is 104 Å². The summed E-state index contributed by atoms with van der Waals surface area (Å²) in [5, 5.41) is 8.28. The van der Waals surface area contributed by atoms with Crippen LogP contribution in [0.3, 0.4) is 0 Å². The topological polar surface area (TPSA) is 74.6 Å². The molecule has 16 heavy (non-hydrogen) atoms. The van der Waals surface area contributed by atoms with Crippen LogP contribution in [0.2, 0.25) is 0 Å². The van der Waals surface area contributed by atoms with Crippen molar-refractivity contribution in [3.63, 3.8) is 0 Å². The lowest BCUT2D eigenvalue weighted by molar-refractivity contribution is 0.108. The maximum absolute atomic E-state index is 11.7. The second-order valence-corrected chi connectivity index (χ2v) is 5.99. The molecule has 1 aromatic rings. The Hall–Kier alpha value is -0.340. The van der Waals surface area contributed by atoms with Crippen molar-refractivity contribution in [2.24, 2.45) is 0 Å². The van der Waals surface area contributed by atoms with Gasteiger partial charge in [0.15, 0.2) is 11.1 Å². The molecule has 0 aliphatic rings. The molecule has 0 heterocycles. The largest absolute Gasteiger partial charge is 0.395 e. The lowest BCUT2D eigenvalue weighted by Gasteiger charge is -2.03. The summed E-state index contributed by atoms with van der Waals surface area (Å²) in [5.41, 5.74) is 0.235. The van der Waals surface area contributed by atoms with Gasteiger partial charge in [0.1, 0.15) is 0 Å². The molecule has 7 heteroatoms. The van der Waals surface area contributed by atoms with Gasteiger partial charge in [0.05, 0.1) is 11.5 Å². The van der Waals surface area contributed by atoms with Crippen molar-refractivity contribution in [2.45, 2.75) is 4.90 Å². The van der Waals surface area contributed by atoms with Gasteiger partial charge in [-0.3, -0.25) is 4.79 Å². The second-order valence-electron chi connectivity index (χ2n) is 2.66. The lowest BCUT2D eigenvalue weighted by atomic mass is 10.2. The summed E-state index contributed by atoms with van der Waals surface area (Å²) in [6.07, 6.45) is 0. The van der Waals surface area contributed by atoms with Crippen LogP contribution in [-0.4, -0.2) is 31.3 Å². The molecule has 88 valence electrons. The Morgan fingerprint density at radius 1 is 1.38 bits per heavy atom. The SMILES string of the molecule is O=C(SSCCO)c1ccccc1S(=O)O. The van der Waals surface area contributed by atoms with Gasteiger partial charge in [-0.25, -0.2) is 4.21 Å². The van der Waals surface area contributed by atoms with Crippen molar-refractivity contribution in [2.75, 3.05) is 12.4 Å². The van der Waals surface area contributed by atoms with Gasteiger partial charge in [-0.05, 0) is 22.9 Å². The summed E-state index contributed by atoms with van der Waals surface area (Å²) in [7, 11) is 2.17. The minimum absolute atomic E-state index is 0.00146. The summed E-state index contributed by atoms with van der Waals surface area (Å²) in [6, 6.07) is 6.20. The van der Waals surface area contributed by atoms with E-state index in [-0.39, 0.29) is 22.2 Å². The fourth-order valence-electron chi connectivity index (χ4n) is 0.965. The Morgan fingerprint density at radius 2 is 2.06 bits per heavy atom. The smallest absolute Gasteiger partial charge is 0.231 e. The van der Waals surface area contributed by atoms with Crippen molar-refractivity contribution >= 4 is 37.8 Å². The van der Waals surface area contributed by atoms with Crippen LogP contribution < -0.4 is 0 Å². The van der Waals surface area contributed by atoms with Gasteiger partial charge in [-0.2, -0.15) is 0 Å². The first-order chi connectivity index (χ1) is 7.66. The molecule has 0 fully saturated rings. The van der Waals surface area contributed by atoms with Crippen molar-refractivity contribution in [3.8, 4) is 0 Å². The van der Waals surface area contributed by atoms with E-state index in [0.717, 1.165) is 10.8 Å². The van der Waals surface area contributed by atoms with E-state index >= 15 is 0 Å². The van der Waals surface area contributed by atoms with E-state index in [1.165, 1.54) is 22.9 Å². The third kappa shape index (κ3) is 3.91. The Balaban J connectivity index is 2.78. The standard InChI is InChI=1S/C9H10O4S3/c10-5-6-14-15-9(11)7-3-1-2-4-8(7)16(12)13/h1-4,10H,5-6H2,(H,12,13). The monoisotopic (exact) mass is 278 g/mol. The predicted octanol–water partition coefficient (Wildman–Crippen LogP) is 1.78. The average Bonchev–Trinajstić information content (AvgIpc) is 2.29. The first-order valence-electron chi connectivity index (χ1n) is 4.31. The third-order valence-electron chi connectivity index (χ3n) is 1.60. The molecule has 1 atom stereocenters. The summed E-state index contributed by atoms with van der Waals surface area (Å²) in [5.74, 6) is 0.445. The highest BCUT2D eigenvalue weighted by Gasteiger charge is 2.14. The van der Waals surface area contributed by atoms with Crippen LogP contribution in [0.5, 0.6) is 0 Å². The summed E-state index contributed by atoms with van der Waals surface area (Å²) >= 11 is -2.16. The minimum Gasteiger partial charge on any atom is -0.395 e. The van der Waals surface area contributed by atoms with Crippen LogP contribution in [0.15, 0.2) is 29.2 Å². The normalized spacial score (nSPS) is 12.4. The van der Waals surface area contributed by atoms with Crippen molar-refractivity contribution in [1.29, 1.82) is 0 Å². The van der Waals surface area contributed by atoms with E-state index < -0.39 is 11.1 Å². The highest BCUT2D eigenvalue weighted by atomic mass is 33.1. The number of hydrogen-bond donors (Lipinski definition) is 2. The summed E-state index contributed by atoms with van der Waals surface area (Å²) in [6.45, 7) is -0.00146. The molecular formula is C9H10O4S3. The Bertz CT molecular complexity index is 394. The maximum Gasteiger partial charge on any atom is 0.231 e. The fourth-order valence-corrected chi connectivity index (χ4v) is 3.17. The van der Waals surface area contributed by atoms with Gasteiger partial charge in [0, 0.05) is 11.3 Å². The minimum atomic E-state index is -2.16. The molecule has 0 bridgehead atoms. The fraction of sp³-hybridized carbons (Fsp3) is 0.222. The lowest BCUT2D eigenvalue weighted by Crippen LogP contribution is -2.00. The zero-order valence-electron chi connectivity index (χ0n) is 8.16. The molecule has 1 aromatic carbocycles. The van der Waals surface area contributed by atoms with Gasteiger partial charge in [-0.15, -0.1) is 0 Å². The molecule has 0 aromatic heterocycles. The number of aliphatic hydroxyl groups excluding tert-OH is 1. The second kappa shape index (κ2) is 7.08. The predicted molar refractivity (Wildman–Crippen MR) is 66.9 cm³/mol. The van der Waals surface area contributed by atoms with Crippen LogP contribution in [0.25, 0.3) is 0 Å². The Morgan fingerprint density at radius 3 is 2.69 bits per heavy atom. The molecule has 2 N–H and O–H groups in total. The van der Waals surface area contributed by atoms with Crippen LogP contribution in [0.1, 0.15) is 10.4 Å². The van der Waals surface area contributed by atoms with Gasteiger partial charge in [-0.1, -0.05) is 22.9 Å². The van der Waals surface area contributed by atoms with E-state index in [4.69, 9.17) is 9.66 Å². The molecule has 4 nitrogen and oxygen atoms in total. The van der Waals surface area contributed by atoms with Crippen molar-refractivity contribution < 1.29 is 18.7 Å². The first kappa shape index (κ1) is 13.7. The molecule has 0 spiro atoms. The van der Waals surface area contributed by atoms with Crippen LogP contribution in [-0.2, 0) is 11.1 Å². The van der Waals surface area contributed by atoms with Gasteiger partial charge in [0.2, 0.25) is 5.12 Å². The molecule has 0 aliphatic heterocycles. The molecule has 1 rings (SSSR count). The summed E-state index contributed by atoms with van der Waals surface area (Å²) in [4.78, 5) is 11.8. The quantitative estimate of drug-likeness (QED) is 0.486. The third-order valence-corrected chi connectivity index (χ3v) is 4.48. The highest BCUT2D eigenvalue weighted by molar-refractivity contribution is 8.82. The highest BCUT2D eigenvalue weighted by Crippen LogP contribution is 2.27. The summed E-state index contributed by atoms with van der Waals surface area (Å²) < 4.78 is 19.9. The number of aliphatic hydroxyl groups is 1. The number of hydrogen-bond acceptors (Lipinski definition) is 5. The Kier molecular flexibility index (Phi) is 6.07. The molecule has 0 amide bonds. The van der Waals surface area contributed by atoms with Gasteiger partial charge in [0.25, 0.3) is 0 Å². The number of rotatable bonds is 5. The molecular weight excluding hydrogens is 268 g/mol.